The Morgan fingerprint density at radius 3 is 2.58 bits per heavy atom. The highest BCUT2D eigenvalue weighted by molar-refractivity contribution is 9.09. The highest BCUT2D eigenvalue weighted by Gasteiger charge is 2.21. The van der Waals surface area contributed by atoms with E-state index in [9.17, 15) is 0 Å². The van der Waals surface area contributed by atoms with Gasteiger partial charge in [0, 0.05) is 4.83 Å². The number of hydrogen-bond donors (Lipinski definition) is 0. The zero-order valence-corrected chi connectivity index (χ0v) is 10.2. The molecule has 0 spiro atoms. The van der Waals surface area contributed by atoms with E-state index >= 15 is 0 Å². The van der Waals surface area contributed by atoms with Crippen LogP contribution in [0.3, 0.4) is 0 Å². The van der Waals surface area contributed by atoms with Gasteiger partial charge in [0.1, 0.15) is 0 Å². The van der Waals surface area contributed by atoms with E-state index in [0.717, 1.165) is 6.42 Å². The fourth-order valence-corrected chi connectivity index (χ4v) is 1.98. The van der Waals surface area contributed by atoms with E-state index in [4.69, 9.17) is 0 Å². The first kappa shape index (κ1) is 10.3. The van der Waals surface area contributed by atoms with Gasteiger partial charge in [0.05, 0.1) is 0 Å². The Labute approximate surface area is 87.1 Å². The van der Waals surface area contributed by atoms with Crippen LogP contribution in [0.2, 0.25) is 0 Å². The quantitative estimate of drug-likeness (QED) is 0.690. The van der Waals surface area contributed by atoms with Crippen LogP contribution in [0.5, 0.6) is 0 Å². The minimum Gasteiger partial charge on any atom is -0.152 e. The van der Waals surface area contributed by atoms with Gasteiger partial charge in [-0.3, -0.25) is 0 Å². The van der Waals surface area contributed by atoms with E-state index in [0.29, 0.717) is 10.2 Å². The Morgan fingerprint density at radius 2 is 2.17 bits per heavy atom. The van der Waals surface area contributed by atoms with E-state index in [2.05, 4.69) is 53.5 Å². The maximum atomic E-state index is 3.72. The minimum absolute atomic E-state index is 0.349. The van der Waals surface area contributed by atoms with Crippen molar-refractivity contribution < 1.29 is 0 Å². The summed E-state index contributed by atoms with van der Waals surface area (Å²) in [7, 11) is 0. The third-order valence-electron chi connectivity index (χ3n) is 1.93. The highest BCUT2D eigenvalue weighted by atomic mass is 79.9. The van der Waals surface area contributed by atoms with Gasteiger partial charge >= 0.3 is 0 Å². The molecule has 1 aromatic heterocycles. The zero-order chi connectivity index (χ0) is 9.19. The molecule has 0 aromatic carbocycles. The molecule has 1 unspecified atom stereocenters. The van der Waals surface area contributed by atoms with Gasteiger partial charge in [0.25, 0.3) is 0 Å². The van der Waals surface area contributed by atoms with Crippen molar-refractivity contribution in [2.75, 3.05) is 0 Å². The van der Waals surface area contributed by atoms with Crippen LogP contribution in [0, 0.1) is 5.41 Å². The molecular formula is C10H15BrS. The van der Waals surface area contributed by atoms with Crippen LogP contribution >= 0.6 is 27.3 Å². The number of rotatable bonds is 2. The molecule has 0 amide bonds. The number of halogens is 1. The average Bonchev–Trinajstić information content (AvgIpc) is 2.37. The first-order chi connectivity index (χ1) is 5.50. The smallest absolute Gasteiger partial charge is 0.0234 e. The fraction of sp³-hybridized carbons (Fsp3) is 0.600. The third kappa shape index (κ3) is 2.91. The van der Waals surface area contributed by atoms with Gasteiger partial charge < -0.3 is 0 Å². The summed E-state index contributed by atoms with van der Waals surface area (Å²) >= 11 is 5.50. The maximum Gasteiger partial charge on any atom is 0.0234 e. The van der Waals surface area contributed by atoms with Gasteiger partial charge in [-0.15, -0.1) is 0 Å². The molecule has 0 N–H and O–H groups in total. The molecule has 0 radical (unpaired) electrons. The molecule has 0 aliphatic heterocycles. The molecule has 1 atom stereocenters. The van der Waals surface area contributed by atoms with E-state index in [1.807, 2.05) is 0 Å². The van der Waals surface area contributed by atoms with Crippen molar-refractivity contribution in [3.63, 3.8) is 0 Å². The van der Waals surface area contributed by atoms with Crippen LogP contribution in [0.25, 0.3) is 0 Å². The molecule has 0 aliphatic rings. The molecule has 0 nitrogen and oxygen atoms in total. The Kier molecular flexibility index (Phi) is 3.36. The van der Waals surface area contributed by atoms with Crippen molar-refractivity contribution in [2.45, 2.75) is 32.0 Å². The molecule has 1 rings (SSSR count). The second-order valence-electron chi connectivity index (χ2n) is 4.17. The summed E-state index contributed by atoms with van der Waals surface area (Å²) in [6.07, 6.45) is 1.13. The summed E-state index contributed by atoms with van der Waals surface area (Å²) in [6, 6.07) is 2.20. The lowest BCUT2D eigenvalue weighted by Crippen LogP contribution is -2.22. The summed E-state index contributed by atoms with van der Waals surface area (Å²) in [4.78, 5) is 0.569. The molecule has 0 saturated carbocycles. The summed E-state index contributed by atoms with van der Waals surface area (Å²) in [6.45, 7) is 6.79. The third-order valence-corrected chi connectivity index (χ3v) is 4.36. The van der Waals surface area contributed by atoms with Gasteiger partial charge in [-0.2, -0.15) is 11.3 Å². The molecular weight excluding hydrogens is 232 g/mol. The van der Waals surface area contributed by atoms with Crippen molar-refractivity contribution >= 4 is 27.3 Å². The predicted molar refractivity (Wildman–Crippen MR) is 60.2 cm³/mol. The first-order valence-corrected chi connectivity index (χ1v) is 6.01. The lowest BCUT2D eigenvalue weighted by Gasteiger charge is -2.25. The molecule has 68 valence electrons. The average molecular weight is 247 g/mol. The highest BCUT2D eigenvalue weighted by Crippen LogP contribution is 2.29. The van der Waals surface area contributed by atoms with Crippen molar-refractivity contribution in [1.82, 2.24) is 0 Å². The van der Waals surface area contributed by atoms with E-state index < -0.39 is 0 Å². The SMILES string of the molecule is CC(C)(C)C(Br)Cc1ccsc1. The summed E-state index contributed by atoms with van der Waals surface area (Å²) in [5.74, 6) is 0. The number of hydrogen-bond acceptors (Lipinski definition) is 1. The molecule has 0 fully saturated rings. The van der Waals surface area contributed by atoms with Gasteiger partial charge in [-0.25, -0.2) is 0 Å². The Hall–Kier alpha value is 0.180. The van der Waals surface area contributed by atoms with E-state index in [1.165, 1.54) is 5.56 Å². The fourth-order valence-electron chi connectivity index (χ4n) is 0.922. The van der Waals surface area contributed by atoms with Crippen LogP contribution in [0.4, 0.5) is 0 Å². The molecule has 0 saturated heterocycles. The van der Waals surface area contributed by atoms with E-state index in [1.54, 1.807) is 11.3 Å². The maximum absolute atomic E-state index is 3.72. The lowest BCUT2D eigenvalue weighted by molar-refractivity contribution is 0.398. The van der Waals surface area contributed by atoms with E-state index in [-0.39, 0.29) is 0 Å². The van der Waals surface area contributed by atoms with Gasteiger partial charge in [0.2, 0.25) is 0 Å². The van der Waals surface area contributed by atoms with Crippen molar-refractivity contribution in [3.05, 3.63) is 22.4 Å². The van der Waals surface area contributed by atoms with Crippen LogP contribution in [0.1, 0.15) is 26.3 Å². The Bertz CT molecular complexity index is 220. The number of thiophene rings is 1. The molecule has 1 heterocycles. The molecule has 2 heteroatoms. The monoisotopic (exact) mass is 246 g/mol. The second kappa shape index (κ2) is 3.93. The molecule has 1 aromatic rings. The van der Waals surface area contributed by atoms with Crippen LogP contribution in [-0.4, -0.2) is 4.83 Å². The summed E-state index contributed by atoms with van der Waals surface area (Å²) in [5.41, 5.74) is 1.79. The van der Waals surface area contributed by atoms with Crippen LogP contribution < -0.4 is 0 Å². The van der Waals surface area contributed by atoms with Crippen molar-refractivity contribution in [3.8, 4) is 0 Å². The zero-order valence-electron chi connectivity index (χ0n) is 7.80. The summed E-state index contributed by atoms with van der Waals surface area (Å²) in [5, 5.41) is 4.36. The number of alkyl halides is 1. The van der Waals surface area contributed by atoms with Gasteiger partial charge in [-0.05, 0) is 34.2 Å². The minimum atomic E-state index is 0.349. The van der Waals surface area contributed by atoms with Crippen molar-refractivity contribution in [2.24, 2.45) is 5.41 Å². The van der Waals surface area contributed by atoms with Gasteiger partial charge in [-0.1, -0.05) is 36.7 Å². The standard InChI is InChI=1S/C10H15BrS/c1-10(2,3)9(11)6-8-4-5-12-7-8/h4-5,7,9H,6H2,1-3H3. The van der Waals surface area contributed by atoms with Crippen molar-refractivity contribution in [1.29, 1.82) is 0 Å². The van der Waals surface area contributed by atoms with Gasteiger partial charge in [0.15, 0.2) is 0 Å². The molecule has 12 heavy (non-hydrogen) atoms. The lowest BCUT2D eigenvalue weighted by atomic mass is 9.89. The molecule has 0 bridgehead atoms. The topological polar surface area (TPSA) is 0 Å². The predicted octanol–water partition coefficient (Wildman–Crippen LogP) is 4.10. The Morgan fingerprint density at radius 1 is 1.50 bits per heavy atom. The normalized spacial score (nSPS) is 14.7. The first-order valence-electron chi connectivity index (χ1n) is 4.15. The largest absolute Gasteiger partial charge is 0.152 e. The second-order valence-corrected chi connectivity index (χ2v) is 6.05. The molecule has 0 aliphatic carbocycles. The summed E-state index contributed by atoms with van der Waals surface area (Å²) < 4.78 is 0. The Balaban J connectivity index is 2.53. The van der Waals surface area contributed by atoms with Crippen LogP contribution in [-0.2, 0) is 6.42 Å². The van der Waals surface area contributed by atoms with Crippen LogP contribution in [0.15, 0.2) is 16.8 Å².